The van der Waals surface area contributed by atoms with Crippen molar-refractivity contribution >= 4 is 0 Å². The predicted octanol–water partition coefficient (Wildman–Crippen LogP) is 2.32. The molecule has 0 atom stereocenters. The van der Waals surface area contributed by atoms with E-state index in [1.807, 2.05) is 16.9 Å². The van der Waals surface area contributed by atoms with Crippen molar-refractivity contribution in [3.8, 4) is 11.1 Å². The predicted molar refractivity (Wildman–Crippen MR) is 62.8 cm³/mol. The second-order valence-corrected chi connectivity index (χ2v) is 3.83. The molecule has 2 aromatic heterocycles. The molecule has 0 aliphatic rings. The average molecular weight is 219 g/mol. The second kappa shape index (κ2) is 4.53. The molecule has 86 valence electrons. The monoisotopic (exact) mass is 219 g/mol. The van der Waals surface area contributed by atoms with E-state index in [1.165, 1.54) is 0 Å². The highest BCUT2D eigenvalue weighted by Gasteiger charge is 2.13. The minimum atomic E-state index is 0.417. The van der Waals surface area contributed by atoms with E-state index < -0.39 is 0 Å². The zero-order chi connectivity index (χ0) is 11.5. The Bertz CT molecular complexity index is 470. The van der Waals surface area contributed by atoms with E-state index in [9.17, 15) is 0 Å². The zero-order valence-corrected chi connectivity index (χ0v) is 9.73. The first-order chi connectivity index (χ1) is 7.77. The largest absolute Gasteiger partial charge is 0.467 e. The fourth-order valence-corrected chi connectivity index (χ4v) is 1.89. The standard InChI is InChI=1S/C12H17N3O/c1-3-5-15-9(2)11(8-14-15)10-4-6-16-12(10)7-13/h4,6,8H,3,5,7,13H2,1-2H3. The normalized spacial score (nSPS) is 10.9. The maximum Gasteiger partial charge on any atom is 0.125 e. The van der Waals surface area contributed by atoms with Crippen LogP contribution in [-0.2, 0) is 13.1 Å². The topological polar surface area (TPSA) is 57.0 Å². The van der Waals surface area contributed by atoms with E-state index in [-0.39, 0.29) is 0 Å². The molecule has 2 rings (SSSR count). The molecule has 4 nitrogen and oxygen atoms in total. The Morgan fingerprint density at radius 2 is 2.25 bits per heavy atom. The average Bonchev–Trinajstić information content (AvgIpc) is 2.87. The SMILES string of the molecule is CCCn1ncc(-c2ccoc2CN)c1C. The van der Waals surface area contributed by atoms with Crippen LogP contribution >= 0.6 is 0 Å². The highest BCUT2D eigenvalue weighted by atomic mass is 16.3. The Kier molecular flexibility index (Phi) is 3.10. The van der Waals surface area contributed by atoms with Crippen molar-refractivity contribution in [3.63, 3.8) is 0 Å². The molecule has 16 heavy (non-hydrogen) atoms. The van der Waals surface area contributed by atoms with E-state index in [4.69, 9.17) is 10.2 Å². The van der Waals surface area contributed by atoms with Crippen molar-refractivity contribution in [1.82, 2.24) is 9.78 Å². The molecule has 2 N–H and O–H groups in total. The first kappa shape index (κ1) is 11.0. The number of furan rings is 1. The summed E-state index contributed by atoms with van der Waals surface area (Å²) in [5.74, 6) is 0.819. The number of nitrogens with two attached hydrogens (primary N) is 1. The molecular weight excluding hydrogens is 202 g/mol. The number of hydrogen-bond acceptors (Lipinski definition) is 3. The molecule has 4 heteroatoms. The van der Waals surface area contributed by atoms with Gasteiger partial charge in [0.2, 0.25) is 0 Å². The second-order valence-electron chi connectivity index (χ2n) is 3.83. The smallest absolute Gasteiger partial charge is 0.125 e. The van der Waals surface area contributed by atoms with Crippen LogP contribution < -0.4 is 5.73 Å². The van der Waals surface area contributed by atoms with Gasteiger partial charge in [0.25, 0.3) is 0 Å². The van der Waals surface area contributed by atoms with Crippen LogP contribution in [0.25, 0.3) is 11.1 Å². The van der Waals surface area contributed by atoms with E-state index in [1.54, 1.807) is 6.26 Å². The maximum atomic E-state index is 5.63. The Morgan fingerprint density at radius 3 is 2.94 bits per heavy atom. The fourth-order valence-electron chi connectivity index (χ4n) is 1.89. The summed E-state index contributed by atoms with van der Waals surface area (Å²) in [6, 6.07) is 1.95. The summed E-state index contributed by atoms with van der Waals surface area (Å²) in [7, 11) is 0. The molecule has 0 aliphatic carbocycles. The van der Waals surface area contributed by atoms with Gasteiger partial charge in [-0.1, -0.05) is 6.92 Å². The van der Waals surface area contributed by atoms with Gasteiger partial charge in [-0.05, 0) is 19.4 Å². The third kappa shape index (κ3) is 1.76. The van der Waals surface area contributed by atoms with Crippen LogP contribution in [0, 0.1) is 6.92 Å². The Morgan fingerprint density at radius 1 is 1.44 bits per heavy atom. The van der Waals surface area contributed by atoms with Crippen molar-refractivity contribution in [2.24, 2.45) is 5.73 Å². The van der Waals surface area contributed by atoms with Gasteiger partial charge < -0.3 is 10.2 Å². The summed E-state index contributed by atoms with van der Waals surface area (Å²) in [4.78, 5) is 0. The highest BCUT2D eigenvalue weighted by molar-refractivity contribution is 5.67. The summed E-state index contributed by atoms with van der Waals surface area (Å²) in [5, 5.41) is 4.37. The molecule has 0 saturated heterocycles. The Hall–Kier alpha value is -1.55. The molecule has 2 aromatic rings. The molecule has 2 heterocycles. The van der Waals surface area contributed by atoms with Crippen LogP contribution in [0.5, 0.6) is 0 Å². The minimum absolute atomic E-state index is 0.417. The third-order valence-corrected chi connectivity index (χ3v) is 2.76. The number of hydrogen-bond donors (Lipinski definition) is 1. The Labute approximate surface area is 95.1 Å². The van der Waals surface area contributed by atoms with Gasteiger partial charge in [0.05, 0.1) is 19.0 Å². The van der Waals surface area contributed by atoms with Crippen LogP contribution in [-0.4, -0.2) is 9.78 Å². The lowest BCUT2D eigenvalue weighted by Crippen LogP contribution is -2.01. The molecule has 0 saturated carbocycles. The lowest BCUT2D eigenvalue weighted by molar-refractivity contribution is 0.513. The van der Waals surface area contributed by atoms with E-state index >= 15 is 0 Å². The molecule has 0 spiro atoms. The van der Waals surface area contributed by atoms with E-state index in [2.05, 4.69) is 18.9 Å². The van der Waals surface area contributed by atoms with Gasteiger partial charge in [-0.3, -0.25) is 4.68 Å². The van der Waals surface area contributed by atoms with E-state index in [0.29, 0.717) is 6.54 Å². The van der Waals surface area contributed by atoms with Gasteiger partial charge >= 0.3 is 0 Å². The highest BCUT2D eigenvalue weighted by Crippen LogP contribution is 2.27. The van der Waals surface area contributed by atoms with Gasteiger partial charge in [0.1, 0.15) is 5.76 Å². The van der Waals surface area contributed by atoms with Crippen LogP contribution in [0.3, 0.4) is 0 Å². The van der Waals surface area contributed by atoms with Crippen LogP contribution in [0.2, 0.25) is 0 Å². The molecule has 0 aromatic carbocycles. The fraction of sp³-hybridized carbons (Fsp3) is 0.417. The van der Waals surface area contributed by atoms with Crippen molar-refractivity contribution in [1.29, 1.82) is 0 Å². The van der Waals surface area contributed by atoms with Crippen molar-refractivity contribution < 1.29 is 4.42 Å². The maximum absolute atomic E-state index is 5.63. The minimum Gasteiger partial charge on any atom is -0.467 e. The van der Waals surface area contributed by atoms with Gasteiger partial charge in [-0.25, -0.2) is 0 Å². The van der Waals surface area contributed by atoms with Crippen LogP contribution in [0.15, 0.2) is 22.9 Å². The summed E-state index contributed by atoms with van der Waals surface area (Å²) < 4.78 is 7.35. The molecule has 0 fully saturated rings. The molecule has 0 aliphatic heterocycles. The number of nitrogens with zero attached hydrogens (tertiary/aromatic N) is 2. The number of aryl methyl sites for hydroxylation is 1. The molecule has 0 unspecified atom stereocenters. The van der Waals surface area contributed by atoms with E-state index in [0.717, 1.165) is 35.5 Å². The number of aromatic nitrogens is 2. The molecule has 0 bridgehead atoms. The summed E-state index contributed by atoms with van der Waals surface area (Å²) >= 11 is 0. The van der Waals surface area contributed by atoms with Gasteiger partial charge in [0.15, 0.2) is 0 Å². The summed E-state index contributed by atoms with van der Waals surface area (Å²) in [6.45, 7) is 5.58. The first-order valence-corrected chi connectivity index (χ1v) is 5.57. The van der Waals surface area contributed by atoms with Crippen LogP contribution in [0.1, 0.15) is 24.8 Å². The summed E-state index contributed by atoms with van der Waals surface area (Å²) in [6.07, 6.45) is 4.64. The third-order valence-electron chi connectivity index (χ3n) is 2.76. The molecular formula is C12H17N3O. The molecule has 0 radical (unpaired) electrons. The first-order valence-electron chi connectivity index (χ1n) is 5.57. The van der Waals surface area contributed by atoms with Crippen LogP contribution in [0.4, 0.5) is 0 Å². The lowest BCUT2D eigenvalue weighted by Gasteiger charge is -2.03. The van der Waals surface area contributed by atoms with Crippen molar-refractivity contribution in [3.05, 3.63) is 30.0 Å². The van der Waals surface area contributed by atoms with Gasteiger partial charge in [-0.2, -0.15) is 5.10 Å². The summed E-state index contributed by atoms with van der Waals surface area (Å²) in [5.41, 5.74) is 8.96. The molecule has 0 amide bonds. The van der Waals surface area contributed by atoms with Gasteiger partial charge in [0, 0.05) is 23.4 Å². The lowest BCUT2D eigenvalue weighted by atomic mass is 10.1. The van der Waals surface area contributed by atoms with Crippen molar-refractivity contribution in [2.75, 3.05) is 0 Å². The van der Waals surface area contributed by atoms with Gasteiger partial charge in [-0.15, -0.1) is 0 Å². The Balaban J connectivity index is 2.41. The number of rotatable bonds is 4. The zero-order valence-electron chi connectivity index (χ0n) is 9.73. The van der Waals surface area contributed by atoms with Crippen molar-refractivity contribution in [2.45, 2.75) is 33.4 Å². The quantitative estimate of drug-likeness (QED) is 0.858.